The molecule has 4 rings (SSSR count). The fraction of sp³-hybridized carbons (Fsp3) is 0.364. The Morgan fingerprint density at radius 3 is 2.48 bits per heavy atom. The number of rotatable bonds is 6. The van der Waals surface area contributed by atoms with Gasteiger partial charge in [0.1, 0.15) is 17.3 Å². The highest BCUT2D eigenvalue weighted by Gasteiger charge is 2.34. The molecule has 1 aliphatic heterocycles. The first-order chi connectivity index (χ1) is 15.5. The smallest absolute Gasteiger partial charge is 0.250 e. The molecule has 2 N–H and O–H groups in total. The van der Waals surface area contributed by atoms with E-state index in [9.17, 15) is 21.6 Å². The van der Waals surface area contributed by atoms with Crippen molar-refractivity contribution >= 4 is 10.0 Å². The Balaban J connectivity index is 1.68. The van der Waals surface area contributed by atoms with Crippen LogP contribution in [0.4, 0.5) is 13.2 Å². The molecule has 0 radical (unpaired) electrons. The topological polar surface area (TPSA) is 94.1 Å². The van der Waals surface area contributed by atoms with Crippen molar-refractivity contribution in [2.75, 3.05) is 13.1 Å². The number of sulfonamides is 1. The Morgan fingerprint density at radius 2 is 1.85 bits per heavy atom. The number of hydrogen-bond acceptors (Lipinski definition) is 5. The van der Waals surface area contributed by atoms with E-state index in [1.54, 1.807) is 0 Å². The summed E-state index contributed by atoms with van der Waals surface area (Å²) >= 11 is 0. The largest absolute Gasteiger partial charge is 0.295 e. The number of nitrogens with zero attached hydrogens (tertiary/aromatic N) is 4. The molecule has 176 valence electrons. The number of hydrogen-bond donors (Lipinski definition) is 1. The molecule has 0 bridgehead atoms. The number of likely N-dealkylation sites (tertiary alicyclic amines) is 1. The molecule has 0 saturated carbocycles. The van der Waals surface area contributed by atoms with Crippen molar-refractivity contribution < 1.29 is 21.6 Å². The van der Waals surface area contributed by atoms with Gasteiger partial charge in [-0.2, -0.15) is 0 Å². The maximum Gasteiger partial charge on any atom is 0.250 e. The van der Waals surface area contributed by atoms with Crippen LogP contribution in [-0.2, 0) is 23.0 Å². The number of nitrogens with two attached hydrogens (primary N) is 1. The summed E-state index contributed by atoms with van der Waals surface area (Å²) in [5, 5.41) is 9.54. The van der Waals surface area contributed by atoms with Gasteiger partial charge < -0.3 is 0 Å². The maximum atomic E-state index is 14.9. The predicted octanol–water partition coefficient (Wildman–Crippen LogP) is 3.18. The van der Waals surface area contributed by atoms with Crippen molar-refractivity contribution in [2.24, 2.45) is 5.14 Å². The highest BCUT2D eigenvalue weighted by molar-refractivity contribution is 7.89. The molecule has 33 heavy (non-hydrogen) atoms. The molecular weight excluding hydrogens is 455 g/mol. The van der Waals surface area contributed by atoms with Crippen molar-refractivity contribution in [1.82, 2.24) is 19.7 Å². The van der Waals surface area contributed by atoms with E-state index in [0.717, 1.165) is 17.2 Å². The van der Waals surface area contributed by atoms with E-state index in [1.165, 1.54) is 16.8 Å². The van der Waals surface area contributed by atoms with Gasteiger partial charge in [0.25, 0.3) is 5.92 Å². The van der Waals surface area contributed by atoms with Gasteiger partial charge in [0.15, 0.2) is 5.82 Å². The molecule has 2 heterocycles. The molecular formula is C22H24F3N5O2S. The van der Waals surface area contributed by atoms with E-state index in [4.69, 9.17) is 5.14 Å². The van der Waals surface area contributed by atoms with Crippen molar-refractivity contribution in [3.8, 4) is 5.69 Å². The first-order valence-electron chi connectivity index (χ1n) is 10.4. The molecule has 1 saturated heterocycles. The van der Waals surface area contributed by atoms with E-state index in [1.807, 2.05) is 36.1 Å². The van der Waals surface area contributed by atoms with Crippen LogP contribution >= 0.6 is 0 Å². The number of piperidine rings is 1. The van der Waals surface area contributed by atoms with Crippen LogP contribution in [0.5, 0.6) is 0 Å². The van der Waals surface area contributed by atoms with E-state index in [0.29, 0.717) is 18.1 Å². The molecule has 0 spiro atoms. The van der Waals surface area contributed by atoms with Crippen molar-refractivity contribution in [3.63, 3.8) is 0 Å². The molecule has 1 aliphatic rings. The Kier molecular flexibility index (Phi) is 6.30. The van der Waals surface area contributed by atoms with Crippen LogP contribution in [0.25, 0.3) is 5.69 Å². The van der Waals surface area contributed by atoms with Gasteiger partial charge in [0.2, 0.25) is 10.0 Å². The zero-order chi connectivity index (χ0) is 23.8. The molecule has 0 aliphatic carbocycles. The van der Waals surface area contributed by atoms with Gasteiger partial charge in [-0.15, -0.1) is 5.10 Å². The van der Waals surface area contributed by atoms with Gasteiger partial charge in [-0.3, -0.25) is 4.90 Å². The Labute approximate surface area is 190 Å². The molecule has 0 amide bonds. The molecule has 3 aromatic rings. The quantitative estimate of drug-likeness (QED) is 0.586. The lowest BCUT2D eigenvalue weighted by Crippen LogP contribution is -2.39. The zero-order valence-electron chi connectivity index (χ0n) is 18.0. The lowest BCUT2D eigenvalue weighted by Gasteiger charge is -2.30. The van der Waals surface area contributed by atoms with E-state index >= 15 is 0 Å². The summed E-state index contributed by atoms with van der Waals surface area (Å²) in [6.45, 7) is 2.64. The molecule has 0 atom stereocenters. The minimum atomic E-state index is -4.06. The Morgan fingerprint density at radius 1 is 1.12 bits per heavy atom. The second-order valence-electron chi connectivity index (χ2n) is 8.31. The third kappa shape index (κ3) is 5.60. The summed E-state index contributed by atoms with van der Waals surface area (Å²) in [6, 6.07) is 11.1. The average Bonchev–Trinajstić information content (AvgIpc) is 3.10. The highest BCUT2D eigenvalue weighted by atomic mass is 32.2. The van der Waals surface area contributed by atoms with Gasteiger partial charge in [0.05, 0.1) is 11.4 Å². The molecule has 11 heteroatoms. The third-order valence-electron chi connectivity index (χ3n) is 5.59. The van der Waals surface area contributed by atoms with Crippen LogP contribution in [0.2, 0.25) is 0 Å². The summed E-state index contributed by atoms with van der Waals surface area (Å²) in [4.78, 5) is 6.06. The molecule has 7 nitrogen and oxygen atoms in total. The second-order valence-corrected chi connectivity index (χ2v) is 9.87. The number of aromatic nitrogens is 3. The van der Waals surface area contributed by atoms with Crippen LogP contribution in [0.1, 0.15) is 35.6 Å². The van der Waals surface area contributed by atoms with Crippen molar-refractivity contribution in [1.29, 1.82) is 0 Å². The van der Waals surface area contributed by atoms with Gasteiger partial charge in [-0.25, -0.2) is 36.4 Å². The van der Waals surface area contributed by atoms with Crippen molar-refractivity contribution in [2.45, 2.75) is 43.5 Å². The Bertz CT molecular complexity index is 1270. The average molecular weight is 480 g/mol. The fourth-order valence-corrected chi connectivity index (χ4v) is 4.37. The van der Waals surface area contributed by atoms with Gasteiger partial charge in [-0.1, -0.05) is 29.8 Å². The number of halogens is 3. The minimum absolute atomic E-state index is 0.0222. The van der Waals surface area contributed by atoms with E-state index in [-0.39, 0.29) is 43.1 Å². The van der Waals surface area contributed by atoms with E-state index in [2.05, 4.69) is 10.1 Å². The minimum Gasteiger partial charge on any atom is -0.295 e. The molecule has 0 unspecified atom stereocenters. The standard InChI is InChI=1S/C22H24F3N5O2S/c1-15-3-2-4-16(11-15)12-21-27-20(14-29-9-7-22(24,25)8-10-29)28-30(21)19-6-5-17(13-18(19)23)33(26,31)32/h2-6,11,13H,7-10,12,14H2,1H3,(H2,26,31,32). The maximum absolute atomic E-state index is 14.9. The van der Waals surface area contributed by atoms with Crippen LogP contribution in [-0.4, -0.2) is 47.1 Å². The Hall–Kier alpha value is -2.76. The van der Waals surface area contributed by atoms with Crippen LogP contribution in [0, 0.1) is 12.7 Å². The summed E-state index contributed by atoms with van der Waals surface area (Å²) in [5.41, 5.74) is 2.01. The molecule has 1 fully saturated rings. The first kappa shape index (κ1) is 23.4. The first-order valence-corrected chi connectivity index (χ1v) is 12.0. The van der Waals surface area contributed by atoms with Gasteiger partial charge >= 0.3 is 0 Å². The second kappa shape index (κ2) is 8.88. The zero-order valence-corrected chi connectivity index (χ0v) is 18.8. The predicted molar refractivity (Wildman–Crippen MR) is 116 cm³/mol. The lowest BCUT2D eigenvalue weighted by molar-refractivity contribution is -0.0570. The van der Waals surface area contributed by atoms with Crippen LogP contribution in [0.15, 0.2) is 47.4 Å². The van der Waals surface area contributed by atoms with Crippen LogP contribution in [0.3, 0.4) is 0 Å². The fourth-order valence-electron chi connectivity index (χ4n) is 3.85. The lowest BCUT2D eigenvalue weighted by atomic mass is 10.1. The van der Waals surface area contributed by atoms with Crippen LogP contribution < -0.4 is 5.14 Å². The summed E-state index contributed by atoms with van der Waals surface area (Å²) < 4.78 is 66.3. The number of primary sulfonamides is 1. The van der Waals surface area contributed by atoms with E-state index < -0.39 is 21.8 Å². The number of benzene rings is 2. The molecule has 2 aromatic carbocycles. The number of alkyl halides is 2. The van der Waals surface area contributed by atoms with Crippen molar-refractivity contribution in [3.05, 3.63) is 71.1 Å². The van der Waals surface area contributed by atoms with Gasteiger partial charge in [0, 0.05) is 32.4 Å². The number of aryl methyl sites for hydroxylation is 1. The monoisotopic (exact) mass is 479 g/mol. The summed E-state index contributed by atoms with van der Waals surface area (Å²) in [5.74, 6) is -2.66. The molecule has 1 aromatic heterocycles. The third-order valence-corrected chi connectivity index (χ3v) is 6.50. The normalized spacial score (nSPS) is 16.8. The summed E-state index contributed by atoms with van der Waals surface area (Å²) in [7, 11) is -4.06. The summed E-state index contributed by atoms with van der Waals surface area (Å²) in [6.07, 6.45) is -0.107. The highest BCUT2D eigenvalue weighted by Crippen LogP contribution is 2.28. The van der Waals surface area contributed by atoms with Gasteiger partial charge in [-0.05, 0) is 30.7 Å². The SMILES string of the molecule is Cc1cccc(Cc2nc(CN3CCC(F)(F)CC3)nn2-c2ccc(S(N)(=O)=O)cc2F)c1.